The fourth-order valence-corrected chi connectivity index (χ4v) is 2.04. The maximum Gasteiger partial charge on any atom is 0.261 e. The molecule has 1 aromatic carbocycles. The van der Waals surface area contributed by atoms with Crippen molar-refractivity contribution in [3.8, 4) is 0 Å². The molecule has 0 atom stereocenters. The van der Waals surface area contributed by atoms with E-state index in [9.17, 15) is 4.79 Å². The standard InChI is InChI=1S/C11H10BN3O/c12-7-1-2-8-9(5-7)14-10-6-13-3-4-15(10)11(8)16/h1-2,5,13H,3-4,6H2. The van der Waals surface area contributed by atoms with E-state index < -0.39 is 0 Å². The molecule has 0 unspecified atom stereocenters. The number of aromatic nitrogens is 2. The number of nitrogens with zero attached hydrogens (tertiary/aromatic N) is 2. The second kappa shape index (κ2) is 3.45. The highest BCUT2D eigenvalue weighted by Gasteiger charge is 2.13. The molecule has 1 aliphatic heterocycles. The van der Waals surface area contributed by atoms with Crippen molar-refractivity contribution in [2.75, 3.05) is 6.54 Å². The monoisotopic (exact) mass is 211 g/mol. The molecule has 1 N–H and O–H groups in total. The SMILES string of the molecule is [B]c1ccc2c(=O)n3c(nc2c1)CNCC3. The first-order valence-corrected chi connectivity index (χ1v) is 5.25. The van der Waals surface area contributed by atoms with Crippen molar-refractivity contribution in [1.29, 1.82) is 0 Å². The van der Waals surface area contributed by atoms with Crippen LogP contribution < -0.4 is 16.3 Å². The number of hydrogen-bond acceptors (Lipinski definition) is 3. The summed E-state index contributed by atoms with van der Waals surface area (Å²) in [7, 11) is 5.69. The first-order valence-electron chi connectivity index (χ1n) is 5.25. The highest BCUT2D eigenvalue weighted by molar-refractivity contribution is 6.33. The predicted molar refractivity (Wildman–Crippen MR) is 63.1 cm³/mol. The fourth-order valence-electron chi connectivity index (χ4n) is 2.04. The molecule has 0 amide bonds. The van der Waals surface area contributed by atoms with Gasteiger partial charge in [0.2, 0.25) is 0 Å². The molecule has 1 aromatic heterocycles. The Morgan fingerprint density at radius 3 is 3.19 bits per heavy atom. The molecule has 2 heterocycles. The van der Waals surface area contributed by atoms with E-state index in [0.717, 1.165) is 12.4 Å². The molecule has 0 saturated carbocycles. The lowest BCUT2D eigenvalue weighted by atomic mass is 9.95. The number of hydrogen-bond donors (Lipinski definition) is 1. The number of fused-ring (bicyclic) bond motifs is 2. The summed E-state index contributed by atoms with van der Waals surface area (Å²) in [5.41, 5.74) is 1.34. The maximum absolute atomic E-state index is 12.1. The third-order valence-corrected chi connectivity index (χ3v) is 2.85. The highest BCUT2D eigenvalue weighted by Crippen LogP contribution is 2.08. The van der Waals surface area contributed by atoms with E-state index in [-0.39, 0.29) is 5.56 Å². The topological polar surface area (TPSA) is 46.9 Å². The molecule has 4 nitrogen and oxygen atoms in total. The summed E-state index contributed by atoms with van der Waals surface area (Å²) in [5.74, 6) is 0.786. The lowest BCUT2D eigenvalue weighted by Gasteiger charge is -2.18. The van der Waals surface area contributed by atoms with Crippen LogP contribution >= 0.6 is 0 Å². The van der Waals surface area contributed by atoms with Crippen LogP contribution in [0.3, 0.4) is 0 Å². The Morgan fingerprint density at radius 2 is 2.31 bits per heavy atom. The van der Waals surface area contributed by atoms with Gasteiger partial charge in [0.1, 0.15) is 13.7 Å². The molecule has 78 valence electrons. The van der Waals surface area contributed by atoms with E-state index in [4.69, 9.17) is 7.85 Å². The van der Waals surface area contributed by atoms with Crippen molar-refractivity contribution in [3.05, 3.63) is 34.4 Å². The van der Waals surface area contributed by atoms with Gasteiger partial charge in [0.05, 0.1) is 17.4 Å². The minimum absolute atomic E-state index is 0.0292. The van der Waals surface area contributed by atoms with Crippen molar-refractivity contribution < 1.29 is 0 Å². The normalized spacial score (nSPS) is 15.0. The zero-order valence-electron chi connectivity index (χ0n) is 8.73. The van der Waals surface area contributed by atoms with Gasteiger partial charge in [-0.3, -0.25) is 9.36 Å². The molecular weight excluding hydrogens is 201 g/mol. The van der Waals surface area contributed by atoms with Crippen molar-refractivity contribution in [2.24, 2.45) is 0 Å². The zero-order chi connectivity index (χ0) is 11.1. The maximum atomic E-state index is 12.1. The minimum Gasteiger partial charge on any atom is -0.308 e. The molecule has 0 spiro atoms. The average Bonchev–Trinajstić information content (AvgIpc) is 2.29. The summed E-state index contributed by atoms with van der Waals surface area (Å²) in [6.07, 6.45) is 0. The molecular formula is C11H10BN3O. The number of benzene rings is 1. The number of rotatable bonds is 0. The van der Waals surface area contributed by atoms with Crippen LogP contribution in [0, 0.1) is 0 Å². The Kier molecular flexibility index (Phi) is 2.07. The van der Waals surface area contributed by atoms with Crippen LogP contribution in [-0.4, -0.2) is 23.9 Å². The third-order valence-electron chi connectivity index (χ3n) is 2.85. The van der Waals surface area contributed by atoms with E-state index in [0.29, 0.717) is 29.5 Å². The van der Waals surface area contributed by atoms with Crippen LogP contribution in [0.4, 0.5) is 0 Å². The van der Waals surface area contributed by atoms with E-state index in [2.05, 4.69) is 10.3 Å². The Bertz CT molecular complexity index is 620. The molecule has 0 aliphatic carbocycles. The van der Waals surface area contributed by atoms with Gasteiger partial charge in [-0.1, -0.05) is 11.5 Å². The third kappa shape index (κ3) is 1.36. The summed E-state index contributed by atoms with van der Waals surface area (Å²) < 4.78 is 1.73. The lowest BCUT2D eigenvalue weighted by molar-refractivity contribution is 0.486. The van der Waals surface area contributed by atoms with Gasteiger partial charge in [-0.2, -0.15) is 0 Å². The van der Waals surface area contributed by atoms with Crippen LogP contribution in [-0.2, 0) is 13.1 Å². The smallest absolute Gasteiger partial charge is 0.261 e. The van der Waals surface area contributed by atoms with Gasteiger partial charge in [0, 0.05) is 13.1 Å². The van der Waals surface area contributed by atoms with Crippen LogP contribution in [0.1, 0.15) is 5.82 Å². The molecule has 5 heteroatoms. The summed E-state index contributed by atoms with van der Waals surface area (Å²) in [6.45, 7) is 2.14. The van der Waals surface area contributed by atoms with Crippen LogP contribution in [0.15, 0.2) is 23.0 Å². The van der Waals surface area contributed by atoms with E-state index in [1.165, 1.54) is 0 Å². The largest absolute Gasteiger partial charge is 0.308 e. The molecule has 2 aromatic rings. The summed E-state index contributed by atoms with van der Waals surface area (Å²) >= 11 is 0. The van der Waals surface area contributed by atoms with Gasteiger partial charge in [0.15, 0.2) is 0 Å². The van der Waals surface area contributed by atoms with Gasteiger partial charge < -0.3 is 5.32 Å². The summed E-state index contributed by atoms with van der Waals surface area (Å²) in [6, 6.07) is 5.22. The average molecular weight is 211 g/mol. The molecule has 3 rings (SSSR count). The van der Waals surface area contributed by atoms with Crippen molar-refractivity contribution in [1.82, 2.24) is 14.9 Å². The molecule has 0 saturated heterocycles. The van der Waals surface area contributed by atoms with Crippen LogP contribution in [0.2, 0.25) is 0 Å². The molecule has 2 radical (unpaired) electrons. The minimum atomic E-state index is 0.0292. The summed E-state index contributed by atoms with van der Waals surface area (Å²) in [5, 5.41) is 3.83. The summed E-state index contributed by atoms with van der Waals surface area (Å²) in [4.78, 5) is 16.6. The molecule has 16 heavy (non-hydrogen) atoms. The Labute approximate surface area is 93.7 Å². The first-order chi connectivity index (χ1) is 7.75. The fraction of sp³-hybridized carbons (Fsp3) is 0.273. The van der Waals surface area contributed by atoms with Crippen LogP contribution in [0.25, 0.3) is 10.9 Å². The van der Waals surface area contributed by atoms with E-state index >= 15 is 0 Å². The van der Waals surface area contributed by atoms with Crippen LogP contribution in [0.5, 0.6) is 0 Å². The van der Waals surface area contributed by atoms with E-state index in [1.54, 1.807) is 22.8 Å². The first kappa shape index (κ1) is 9.60. The zero-order valence-corrected chi connectivity index (χ0v) is 8.73. The second-order valence-corrected chi connectivity index (χ2v) is 3.94. The van der Waals surface area contributed by atoms with Crippen molar-refractivity contribution >= 4 is 24.2 Å². The van der Waals surface area contributed by atoms with Gasteiger partial charge in [0.25, 0.3) is 5.56 Å². The second-order valence-electron chi connectivity index (χ2n) is 3.94. The van der Waals surface area contributed by atoms with Gasteiger partial charge in [-0.15, -0.1) is 0 Å². The Hall–Kier alpha value is -1.62. The van der Waals surface area contributed by atoms with E-state index in [1.807, 2.05) is 0 Å². The predicted octanol–water partition coefficient (Wildman–Crippen LogP) is -0.707. The number of nitrogens with one attached hydrogen (secondary N) is 1. The van der Waals surface area contributed by atoms with Gasteiger partial charge in [-0.25, -0.2) is 4.98 Å². The molecule has 0 bridgehead atoms. The van der Waals surface area contributed by atoms with Crippen molar-refractivity contribution in [3.63, 3.8) is 0 Å². The Balaban J connectivity index is 2.39. The van der Waals surface area contributed by atoms with Crippen molar-refractivity contribution in [2.45, 2.75) is 13.1 Å². The molecule has 1 aliphatic rings. The quantitative estimate of drug-likeness (QED) is 0.585. The lowest BCUT2D eigenvalue weighted by Crippen LogP contribution is -2.37. The van der Waals surface area contributed by atoms with Gasteiger partial charge >= 0.3 is 0 Å². The Morgan fingerprint density at radius 1 is 1.44 bits per heavy atom. The molecule has 0 fully saturated rings. The van der Waals surface area contributed by atoms with Gasteiger partial charge in [-0.05, 0) is 12.1 Å². The highest BCUT2D eigenvalue weighted by atomic mass is 16.1.